The quantitative estimate of drug-likeness (QED) is 0.745. The van der Waals surface area contributed by atoms with Gasteiger partial charge in [-0.1, -0.05) is 13.8 Å². The minimum absolute atomic E-state index is 0.280. The van der Waals surface area contributed by atoms with E-state index >= 15 is 0 Å². The van der Waals surface area contributed by atoms with E-state index in [4.69, 9.17) is 5.11 Å². The lowest BCUT2D eigenvalue weighted by molar-refractivity contribution is -0.140. The standard InChI is InChI=1S/C12H13F3N2O3/c1-5(2)10(11(18)19)17-12(20)16-9-4-7(14)6(13)3-8(9)15/h3-5,10H,1-2H3,(H,18,19)(H2,16,17,20)/t10-/m0/s1. The van der Waals surface area contributed by atoms with Crippen molar-refractivity contribution in [2.75, 3.05) is 5.32 Å². The van der Waals surface area contributed by atoms with Crippen molar-refractivity contribution in [3.8, 4) is 0 Å². The molecule has 0 aliphatic heterocycles. The van der Waals surface area contributed by atoms with Gasteiger partial charge in [0, 0.05) is 12.1 Å². The Kier molecular flexibility index (Phi) is 4.95. The first-order valence-electron chi connectivity index (χ1n) is 5.67. The molecule has 5 nitrogen and oxygen atoms in total. The summed E-state index contributed by atoms with van der Waals surface area (Å²) in [6, 6.07) is -1.48. The zero-order valence-electron chi connectivity index (χ0n) is 10.7. The predicted molar refractivity (Wildman–Crippen MR) is 64.7 cm³/mol. The Labute approximate surface area is 112 Å². The Hall–Kier alpha value is -2.25. The average Bonchev–Trinajstić information content (AvgIpc) is 2.32. The summed E-state index contributed by atoms with van der Waals surface area (Å²) in [6.07, 6.45) is 0. The highest BCUT2D eigenvalue weighted by Gasteiger charge is 2.24. The van der Waals surface area contributed by atoms with Gasteiger partial charge in [-0.05, 0) is 5.92 Å². The molecule has 0 unspecified atom stereocenters. The fraction of sp³-hybridized carbons (Fsp3) is 0.333. The lowest BCUT2D eigenvalue weighted by Gasteiger charge is -2.18. The molecule has 20 heavy (non-hydrogen) atoms. The first-order valence-corrected chi connectivity index (χ1v) is 5.67. The second kappa shape index (κ2) is 6.27. The van der Waals surface area contributed by atoms with Crippen molar-refractivity contribution in [3.05, 3.63) is 29.6 Å². The molecule has 0 heterocycles. The SMILES string of the molecule is CC(C)[C@H](NC(=O)Nc1cc(F)c(F)cc1F)C(=O)O. The van der Waals surface area contributed by atoms with Crippen LogP contribution in [0.5, 0.6) is 0 Å². The Morgan fingerprint density at radius 1 is 1.10 bits per heavy atom. The van der Waals surface area contributed by atoms with Gasteiger partial charge in [0.1, 0.15) is 11.9 Å². The van der Waals surface area contributed by atoms with E-state index in [0.717, 1.165) is 0 Å². The van der Waals surface area contributed by atoms with Gasteiger partial charge < -0.3 is 15.7 Å². The molecule has 8 heteroatoms. The molecule has 1 aromatic rings. The normalized spacial score (nSPS) is 12.1. The number of benzene rings is 1. The number of amides is 2. The lowest BCUT2D eigenvalue weighted by Crippen LogP contribution is -2.46. The first kappa shape index (κ1) is 15.8. The monoisotopic (exact) mass is 290 g/mol. The number of hydrogen-bond acceptors (Lipinski definition) is 2. The fourth-order valence-corrected chi connectivity index (χ4v) is 1.43. The second-order valence-corrected chi connectivity index (χ2v) is 4.40. The highest BCUT2D eigenvalue weighted by atomic mass is 19.2. The zero-order valence-corrected chi connectivity index (χ0v) is 10.7. The van der Waals surface area contributed by atoms with Gasteiger partial charge in [0.2, 0.25) is 0 Å². The van der Waals surface area contributed by atoms with Gasteiger partial charge in [-0.3, -0.25) is 0 Å². The molecule has 0 saturated carbocycles. The molecule has 1 atom stereocenters. The summed E-state index contributed by atoms with van der Waals surface area (Å²) in [5.41, 5.74) is -0.589. The first-order chi connectivity index (χ1) is 9.22. The van der Waals surface area contributed by atoms with E-state index in [2.05, 4.69) is 5.32 Å². The van der Waals surface area contributed by atoms with Crippen LogP contribution in [0.2, 0.25) is 0 Å². The molecule has 2 amide bonds. The number of aliphatic carboxylic acids is 1. The van der Waals surface area contributed by atoms with Crippen molar-refractivity contribution in [1.82, 2.24) is 5.32 Å². The third-order valence-corrected chi connectivity index (χ3v) is 2.48. The summed E-state index contributed by atoms with van der Waals surface area (Å²) < 4.78 is 38.9. The van der Waals surface area contributed by atoms with Gasteiger partial charge in [-0.15, -0.1) is 0 Å². The molecule has 110 valence electrons. The second-order valence-electron chi connectivity index (χ2n) is 4.40. The number of carboxylic acid groups (broad SMARTS) is 1. The van der Waals surface area contributed by atoms with E-state index in [0.29, 0.717) is 6.07 Å². The molecule has 0 aliphatic carbocycles. The predicted octanol–water partition coefficient (Wildman–Crippen LogP) is 2.33. The minimum atomic E-state index is -1.39. The van der Waals surface area contributed by atoms with Gasteiger partial charge in [-0.2, -0.15) is 0 Å². The number of carbonyl (C=O) groups excluding carboxylic acids is 1. The van der Waals surface area contributed by atoms with Crippen LogP contribution in [0.15, 0.2) is 12.1 Å². The smallest absolute Gasteiger partial charge is 0.326 e. The Balaban J connectivity index is 2.81. The van der Waals surface area contributed by atoms with Crippen LogP contribution in [0.4, 0.5) is 23.7 Å². The van der Waals surface area contributed by atoms with Gasteiger partial charge in [-0.25, -0.2) is 22.8 Å². The van der Waals surface area contributed by atoms with Crippen LogP contribution in [0.3, 0.4) is 0 Å². The van der Waals surface area contributed by atoms with Gasteiger partial charge >= 0.3 is 12.0 Å². The molecule has 0 radical (unpaired) electrons. The number of rotatable bonds is 4. The molecule has 0 aliphatic rings. The van der Waals surface area contributed by atoms with E-state index in [-0.39, 0.29) is 6.07 Å². The Bertz CT molecular complexity index is 535. The summed E-state index contributed by atoms with van der Waals surface area (Å²) in [7, 11) is 0. The number of carbonyl (C=O) groups is 2. The van der Waals surface area contributed by atoms with Crippen LogP contribution in [0, 0.1) is 23.4 Å². The van der Waals surface area contributed by atoms with Crippen molar-refractivity contribution in [1.29, 1.82) is 0 Å². The molecule has 1 rings (SSSR count). The summed E-state index contributed by atoms with van der Waals surface area (Å²) in [4.78, 5) is 22.4. The molecule has 0 spiro atoms. The van der Waals surface area contributed by atoms with Crippen molar-refractivity contribution < 1.29 is 27.9 Å². The van der Waals surface area contributed by atoms with E-state index in [9.17, 15) is 22.8 Å². The minimum Gasteiger partial charge on any atom is -0.480 e. The van der Waals surface area contributed by atoms with Crippen LogP contribution < -0.4 is 10.6 Å². The van der Waals surface area contributed by atoms with Gasteiger partial charge in [0.05, 0.1) is 5.69 Å². The number of urea groups is 1. The zero-order chi connectivity index (χ0) is 15.4. The Morgan fingerprint density at radius 2 is 1.65 bits per heavy atom. The molecular weight excluding hydrogens is 277 g/mol. The van der Waals surface area contributed by atoms with E-state index in [1.165, 1.54) is 0 Å². The number of hydrogen-bond donors (Lipinski definition) is 3. The van der Waals surface area contributed by atoms with E-state index in [1.54, 1.807) is 13.8 Å². The Morgan fingerprint density at radius 3 is 2.15 bits per heavy atom. The maximum atomic E-state index is 13.3. The van der Waals surface area contributed by atoms with Crippen LogP contribution in [0.25, 0.3) is 0 Å². The van der Waals surface area contributed by atoms with E-state index < -0.39 is 47.1 Å². The summed E-state index contributed by atoms with van der Waals surface area (Å²) in [5, 5.41) is 12.9. The maximum absolute atomic E-state index is 13.3. The van der Waals surface area contributed by atoms with Crippen molar-refractivity contribution >= 4 is 17.7 Å². The fourth-order valence-electron chi connectivity index (χ4n) is 1.43. The molecule has 0 fully saturated rings. The highest BCUT2D eigenvalue weighted by Crippen LogP contribution is 2.18. The number of halogens is 3. The van der Waals surface area contributed by atoms with Gasteiger partial charge in [0.25, 0.3) is 0 Å². The molecule has 3 N–H and O–H groups in total. The largest absolute Gasteiger partial charge is 0.480 e. The number of anilines is 1. The maximum Gasteiger partial charge on any atom is 0.326 e. The molecule has 0 saturated heterocycles. The topological polar surface area (TPSA) is 78.4 Å². The van der Waals surface area contributed by atoms with Crippen LogP contribution in [0.1, 0.15) is 13.8 Å². The van der Waals surface area contributed by atoms with Crippen molar-refractivity contribution in [3.63, 3.8) is 0 Å². The third kappa shape index (κ3) is 3.87. The highest BCUT2D eigenvalue weighted by molar-refractivity contribution is 5.92. The number of nitrogens with one attached hydrogen (secondary N) is 2. The third-order valence-electron chi connectivity index (χ3n) is 2.48. The van der Waals surface area contributed by atoms with Gasteiger partial charge in [0.15, 0.2) is 11.6 Å². The van der Waals surface area contributed by atoms with Crippen LogP contribution in [-0.2, 0) is 4.79 Å². The molecule has 0 aromatic heterocycles. The van der Waals surface area contributed by atoms with Crippen LogP contribution in [-0.4, -0.2) is 23.1 Å². The van der Waals surface area contributed by atoms with Crippen molar-refractivity contribution in [2.45, 2.75) is 19.9 Å². The number of carboxylic acids is 1. The summed E-state index contributed by atoms with van der Waals surface area (Å²) in [5.74, 6) is -5.57. The lowest BCUT2D eigenvalue weighted by atomic mass is 10.1. The average molecular weight is 290 g/mol. The van der Waals surface area contributed by atoms with Crippen LogP contribution >= 0.6 is 0 Å². The van der Waals surface area contributed by atoms with Crippen molar-refractivity contribution in [2.24, 2.45) is 5.92 Å². The molecule has 0 bridgehead atoms. The molecular formula is C12H13F3N2O3. The van der Waals surface area contributed by atoms with E-state index in [1.807, 2.05) is 5.32 Å². The molecule has 1 aromatic carbocycles. The summed E-state index contributed by atoms with van der Waals surface area (Å²) >= 11 is 0. The summed E-state index contributed by atoms with van der Waals surface area (Å²) in [6.45, 7) is 3.13.